The number of ether oxygens (including phenoxy) is 1. The van der Waals surface area contributed by atoms with Crippen LogP contribution in [0.5, 0.6) is 5.75 Å². The van der Waals surface area contributed by atoms with Crippen LogP contribution in [0.15, 0.2) is 22.6 Å². The maximum atomic E-state index is 10.9. The van der Waals surface area contributed by atoms with Crippen LogP contribution >= 0.6 is 34.5 Å². The summed E-state index contributed by atoms with van der Waals surface area (Å²) in [5.41, 5.74) is 8.69. The van der Waals surface area contributed by atoms with Crippen molar-refractivity contribution in [2.24, 2.45) is 5.10 Å². The summed E-state index contributed by atoms with van der Waals surface area (Å²) >= 11 is 13.5. The number of aromatic nitrogens is 1. The Hall–Kier alpha value is -1.83. The fraction of sp³-hybridized carbons (Fsp3) is 0.0833. The monoisotopic (exact) mass is 344 g/mol. The maximum absolute atomic E-state index is 10.9. The number of carbonyl (C=O) groups is 1. The first-order valence-corrected chi connectivity index (χ1v) is 7.27. The maximum Gasteiger partial charge on any atom is 0.308 e. The van der Waals surface area contributed by atoms with Gasteiger partial charge in [0.1, 0.15) is 11.6 Å². The van der Waals surface area contributed by atoms with Crippen LogP contribution in [-0.4, -0.2) is 17.2 Å². The van der Waals surface area contributed by atoms with Crippen LogP contribution in [-0.2, 0) is 4.79 Å². The molecule has 0 saturated carbocycles. The molecular weight excluding hydrogens is 335 g/mol. The van der Waals surface area contributed by atoms with Gasteiger partial charge in [-0.3, -0.25) is 10.2 Å². The van der Waals surface area contributed by atoms with Crippen molar-refractivity contribution in [1.29, 1.82) is 0 Å². The Morgan fingerprint density at radius 3 is 2.67 bits per heavy atom. The van der Waals surface area contributed by atoms with Gasteiger partial charge in [-0.05, 0) is 0 Å². The number of carbonyl (C=O) groups excluding carboxylic acids is 1. The first-order chi connectivity index (χ1) is 9.95. The molecule has 0 radical (unpaired) electrons. The molecule has 2 aromatic rings. The van der Waals surface area contributed by atoms with E-state index < -0.39 is 5.97 Å². The van der Waals surface area contributed by atoms with E-state index in [0.29, 0.717) is 26.6 Å². The Labute approximate surface area is 134 Å². The molecule has 9 heteroatoms. The highest BCUT2D eigenvalue weighted by Gasteiger charge is 2.09. The van der Waals surface area contributed by atoms with Crippen LogP contribution in [0.1, 0.15) is 12.5 Å². The summed E-state index contributed by atoms with van der Waals surface area (Å²) in [5, 5.41) is 6.83. The quantitative estimate of drug-likeness (QED) is 0.384. The molecule has 1 aromatic carbocycles. The Morgan fingerprint density at radius 1 is 1.48 bits per heavy atom. The molecule has 0 unspecified atom stereocenters. The number of rotatable bonds is 4. The van der Waals surface area contributed by atoms with Crippen molar-refractivity contribution in [2.75, 3.05) is 11.2 Å². The van der Waals surface area contributed by atoms with Crippen LogP contribution in [0, 0.1) is 0 Å². The van der Waals surface area contributed by atoms with Crippen molar-refractivity contribution in [2.45, 2.75) is 6.92 Å². The molecule has 0 aliphatic carbocycles. The van der Waals surface area contributed by atoms with Gasteiger partial charge in [0.25, 0.3) is 0 Å². The number of nitrogen functional groups attached to an aromatic ring is 1. The Balaban J connectivity index is 2.14. The number of hydrogen-bond donors (Lipinski definition) is 2. The SMILES string of the molecule is CC(=O)Oc1cc(Cl)c(C=NNc2nc(N)cs2)c(Cl)c1. The molecule has 1 heterocycles. The third-order valence-electron chi connectivity index (χ3n) is 2.19. The molecule has 0 bridgehead atoms. The molecule has 0 amide bonds. The summed E-state index contributed by atoms with van der Waals surface area (Å²) in [7, 11) is 0. The normalized spacial score (nSPS) is 10.8. The molecule has 2 rings (SSSR count). The Kier molecular flexibility index (Phi) is 5.00. The highest BCUT2D eigenvalue weighted by molar-refractivity contribution is 7.14. The largest absolute Gasteiger partial charge is 0.427 e. The summed E-state index contributed by atoms with van der Waals surface area (Å²) in [6, 6.07) is 2.97. The van der Waals surface area contributed by atoms with Gasteiger partial charge >= 0.3 is 5.97 Å². The second kappa shape index (κ2) is 6.75. The number of esters is 1. The fourth-order valence-corrected chi connectivity index (χ4v) is 2.51. The second-order valence-corrected chi connectivity index (χ2v) is 5.51. The number of nitrogens with zero attached hydrogens (tertiary/aromatic N) is 2. The van der Waals surface area contributed by atoms with Crippen molar-refractivity contribution < 1.29 is 9.53 Å². The summed E-state index contributed by atoms with van der Waals surface area (Å²) in [6.07, 6.45) is 1.44. The number of hydrazone groups is 1. The fourth-order valence-electron chi connectivity index (χ4n) is 1.40. The van der Waals surface area contributed by atoms with Gasteiger partial charge in [-0.1, -0.05) is 23.2 Å². The van der Waals surface area contributed by atoms with Gasteiger partial charge in [0.05, 0.1) is 16.3 Å². The van der Waals surface area contributed by atoms with E-state index in [1.165, 1.54) is 36.6 Å². The molecule has 0 saturated heterocycles. The van der Waals surface area contributed by atoms with Crippen molar-refractivity contribution >= 4 is 57.7 Å². The molecule has 21 heavy (non-hydrogen) atoms. The van der Waals surface area contributed by atoms with E-state index in [1.807, 2.05) is 0 Å². The number of halogens is 2. The predicted molar refractivity (Wildman–Crippen MR) is 85.5 cm³/mol. The van der Waals surface area contributed by atoms with Crippen molar-refractivity contribution in [3.05, 3.63) is 33.1 Å². The zero-order chi connectivity index (χ0) is 15.4. The summed E-state index contributed by atoms with van der Waals surface area (Å²) < 4.78 is 4.92. The molecule has 0 aliphatic heterocycles. The minimum absolute atomic E-state index is 0.273. The van der Waals surface area contributed by atoms with Gasteiger partial charge < -0.3 is 10.5 Å². The molecular formula is C12H10Cl2N4O2S. The lowest BCUT2D eigenvalue weighted by atomic mass is 10.2. The lowest BCUT2D eigenvalue weighted by Crippen LogP contribution is -2.02. The zero-order valence-electron chi connectivity index (χ0n) is 10.8. The van der Waals surface area contributed by atoms with Crippen LogP contribution in [0.4, 0.5) is 10.9 Å². The molecule has 110 valence electrons. The number of hydrogen-bond acceptors (Lipinski definition) is 7. The number of nitrogens with two attached hydrogens (primary N) is 1. The average molecular weight is 345 g/mol. The van der Waals surface area contributed by atoms with E-state index >= 15 is 0 Å². The standard InChI is InChI=1S/C12H10Cl2N4O2S/c1-6(19)20-7-2-9(13)8(10(14)3-7)4-16-18-12-17-11(15)5-21-12/h2-5H,15H2,1H3,(H,17,18). The average Bonchev–Trinajstić information content (AvgIpc) is 2.77. The molecule has 0 spiro atoms. The number of anilines is 2. The van der Waals surface area contributed by atoms with E-state index in [4.69, 9.17) is 33.7 Å². The molecule has 6 nitrogen and oxygen atoms in total. The molecule has 0 aliphatic rings. The number of nitrogens with one attached hydrogen (secondary N) is 1. The van der Waals surface area contributed by atoms with Crippen molar-refractivity contribution in [1.82, 2.24) is 4.98 Å². The summed E-state index contributed by atoms with van der Waals surface area (Å²) in [4.78, 5) is 14.9. The van der Waals surface area contributed by atoms with E-state index in [2.05, 4.69) is 15.5 Å². The van der Waals surface area contributed by atoms with Crippen LogP contribution < -0.4 is 15.9 Å². The lowest BCUT2D eigenvalue weighted by molar-refractivity contribution is -0.131. The Bertz CT molecular complexity index is 679. The summed E-state index contributed by atoms with van der Waals surface area (Å²) in [6.45, 7) is 1.29. The smallest absolute Gasteiger partial charge is 0.308 e. The van der Waals surface area contributed by atoms with E-state index in [0.717, 1.165) is 0 Å². The number of benzene rings is 1. The molecule has 0 fully saturated rings. The number of thiazole rings is 1. The Morgan fingerprint density at radius 2 is 2.14 bits per heavy atom. The lowest BCUT2D eigenvalue weighted by Gasteiger charge is -2.06. The zero-order valence-corrected chi connectivity index (χ0v) is 13.1. The van der Waals surface area contributed by atoms with Gasteiger partial charge in [-0.15, -0.1) is 11.3 Å². The van der Waals surface area contributed by atoms with Crippen molar-refractivity contribution in [3.8, 4) is 5.75 Å². The molecule has 1 aromatic heterocycles. The molecule has 0 atom stereocenters. The highest BCUT2D eigenvalue weighted by atomic mass is 35.5. The topological polar surface area (TPSA) is 89.6 Å². The van der Waals surface area contributed by atoms with Gasteiger partial charge in [0.2, 0.25) is 5.13 Å². The first-order valence-electron chi connectivity index (χ1n) is 5.63. The first kappa shape index (κ1) is 15.6. The summed E-state index contributed by atoms with van der Waals surface area (Å²) in [5.74, 6) is 0.237. The van der Waals surface area contributed by atoms with E-state index in [1.54, 1.807) is 5.38 Å². The van der Waals surface area contributed by atoms with Crippen molar-refractivity contribution in [3.63, 3.8) is 0 Å². The van der Waals surface area contributed by atoms with E-state index in [9.17, 15) is 4.79 Å². The second-order valence-electron chi connectivity index (χ2n) is 3.84. The van der Waals surface area contributed by atoms with Gasteiger partial charge in [-0.25, -0.2) is 4.98 Å². The third kappa shape index (κ3) is 4.32. The third-order valence-corrected chi connectivity index (χ3v) is 3.58. The van der Waals surface area contributed by atoms with Crippen LogP contribution in [0.25, 0.3) is 0 Å². The van der Waals surface area contributed by atoms with Gasteiger partial charge in [-0.2, -0.15) is 5.10 Å². The van der Waals surface area contributed by atoms with Crippen LogP contribution in [0.3, 0.4) is 0 Å². The highest BCUT2D eigenvalue weighted by Crippen LogP contribution is 2.29. The van der Waals surface area contributed by atoms with E-state index in [-0.39, 0.29) is 5.75 Å². The van der Waals surface area contributed by atoms with Crippen LogP contribution in [0.2, 0.25) is 10.0 Å². The van der Waals surface area contributed by atoms with Gasteiger partial charge in [0, 0.05) is 30.0 Å². The minimum atomic E-state index is -0.452. The predicted octanol–water partition coefficient (Wildman–Crippen LogP) is 3.40. The minimum Gasteiger partial charge on any atom is -0.427 e. The molecule has 3 N–H and O–H groups in total. The van der Waals surface area contributed by atoms with Gasteiger partial charge in [0.15, 0.2) is 0 Å².